The Morgan fingerprint density at radius 3 is 2.48 bits per heavy atom. The topological polar surface area (TPSA) is 54.0 Å². The number of hydrogen-bond acceptors (Lipinski definition) is 4. The lowest BCUT2D eigenvalue weighted by Crippen LogP contribution is -2.34. The van der Waals surface area contributed by atoms with Crippen molar-refractivity contribution in [2.24, 2.45) is 0 Å². The van der Waals surface area contributed by atoms with Gasteiger partial charge in [0, 0.05) is 21.8 Å². The number of benzene rings is 3. The molecule has 4 aromatic rings. The number of nitrogens with one attached hydrogen (secondary N) is 2. The molecule has 1 heterocycles. The number of para-hydroxylation sites is 1. The van der Waals surface area contributed by atoms with Gasteiger partial charge in [-0.05, 0) is 66.8 Å². The van der Waals surface area contributed by atoms with Gasteiger partial charge >= 0.3 is 0 Å². The van der Waals surface area contributed by atoms with Crippen molar-refractivity contribution in [3.05, 3.63) is 82.3 Å². The molecule has 0 bridgehead atoms. The molecule has 4 nitrogen and oxygen atoms in total. The number of thiazole rings is 1. The fraction of sp³-hybridized carbons (Fsp3) is 0. The Morgan fingerprint density at radius 2 is 1.76 bits per heavy atom. The Hall–Kier alpha value is -2.51. The molecule has 29 heavy (non-hydrogen) atoms. The summed E-state index contributed by atoms with van der Waals surface area (Å²) in [7, 11) is 0. The number of fused-ring (bicyclic) bond motifs is 1. The van der Waals surface area contributed by atoms with Gasteiger partial charge in [0.25, 0.3) is 5.91 Å². The highest BCUT2D eigenvalue weighted by atomic mass is 35.5. The minimum atomic E-state index is -0.323. The molecule has 0 spiro atoms. The van der Waals surface area contributed by atoms with Gasteiger partial charge in [-0.25, -0.2) is 4.98 Å². The van der Waals surface area contributed by atoms with Gasteiger partial charge in [0.1, 0.15) is 5.01 Å². The summed E-state index contributed by atoms with van der Waals surface area (Å²) in [4.78, 5) is 16.9. The molecule has 0 atom stereocenters. The molecular weight excluding hydrogens is 445 g/mol. The number of rotatable bonds is 3. The lowest BCUT2D eigenvalue weighted by Gasteiger charge is -2.11. The van der Waals surface area contributed by atoms with E-state index in [1.54, 1.807) is 41.7 Å². The zero-order valence-electron chi connectivity index (χ0n) is 14.8. The first-order valence-corrected chi connectivity index (χ1v) is 10.5. The largest absolute Gasteiger partial charge is 0.332 e. The first-order valence-electron chi connectivity index (χ1n) is 8.53. The summed E-state index contributed by atoms with van der Waals surface area (Å²) in [6, 6.07) is 20.0. The Bertz CT molecular complexity index is 1190. The molecule has 0 aliphatic heterocycles. The third kappa shape index (κ3) is 4.57. The smallest absolute Gasteiger partial charge is 0.257 e. The van der Waals surface area contributed by atoms with Gasteiger partial charge in [-0.2, -0.15) is 0 Å². The van der Waals surface area contributed by atoms with Gasteiger partial charge in [0.2, 0.25) is 0 Å². The first kappa shape index (κ1) is 19.8. The van der Waals surface area contributed by atoms with Crippen LogP contribution in [0.1, 0.15) is 10.4 Å². The van der Waals surface area contributed by atoms with E-state index in [1.807, 2.05) is 36.4 Å². The monoisotopic (exact) mass is 457 g/mol. The highest BCUT2D eigenvalue weighted by Crippen LogP contribution is 2.35. The van der Waals surface area contributed by atoms with Crippen LogP contribution in [0.25, 0.3) is 20.8 Å². The summed E-state index contributed by atoms with van der Waals surface area (Å²) in [5, 5.41) is 7.73. The third-order valence-electron chi connectivity index (χ3n) is 4.08. The predicted molar refractivity (Wildman–Crippen MR) is 125 cm³/mol. The van der Waals surface area contributed by atoms with E-state index in [0.29, 0.717) is 21.3 Å². The molecule has 0 fully saturated rings. The standard InChI is InChI=1S/C21H13Cl2N3OS2/c22-13-7-5-12(6-8-13)19(27)26-21(28)24-14-9-10-15(16(23)11-14)20-25-17-3-1-2-4-18(17)29-20/h1-11H,(H2,24,26,27,28). The van der Waals surface area contributed by atoms with Gasteiger partial charge in [0.15, 0.2) is 5.11 Å². The maximum absolute atomic E-state index is 12.2. The van der Waals surface area contributed by atoms with Crippen LogP contribution in [-0.4, -0.2) is 16.0 Å². The van der Waals surface area contributed by atoms with E-state index in [0.717, 1.165) is 20.8 Å². The van der Waals surface area contributed by atoms with Crippen molar-refractivity contribution in [1.29, 1.82) is 0 Å². The van der Waals surface area contributed by atoms with Gasteiger partial charge in [-0.15, -0.1) is 11.3 Å². The van der Waals surface area contributed by atoms with Crippen LogP contribution in [0.4, 0.5) is 5.69 Å². The van der Waals surface area contributed by atoms with Crippen LogP contribution in [-0.2, 0) is 0 Å². The molecule has 1 aromatic heterocycles. The molecular formula is C21H13Cl2N3OS2. The Labute approximate surface area is 186 Å². The molecule has 0 saturated carbocycles. The van der Waals surface area contributed by atoms with Crippen molar-refractivity contribution in [2.45, 2.75) is 0 Å². The van der Waals surface area contributed by atoms with Gasteiger partial charge in [-0.3, -0.25) is 10.1 Å². The number of carbonyl (C=O) groups is 1. The summed E-state index contributed by atoms with van der Waals surface area (Å²) < 4.78 is 1.10. The van der Waals surface area contributed by atoms with Crippen LogP contribution in [0.3, 0.4) is 0 Å². The molecule has 2 N–H and O–H groups in total. The van der Waals surface area contributed by atoms with Crippen molar-refractivity contribution >= 4 is 73.7 Å². The van der Waals surface area contributed by atoms with Crippen molar-refractivity contribution in [3.8, 4) is 10.6 Å². The second kappa shape index (κ2) is 8.47. The number of halogens is 2. The predicted octanol–water partition coefficient (Wildman–Crippen LogP) is 6.40. The lowest BCUT2D eigenvalue weighted by molar-refractivity contribution is 0.0978. The molecule has 144 valence electrons. The van der Waals surface area contributed by atoms with Crippen molar-refractivity contribution in [3.63, 3.8) is 0 Å². The minimum Gasteiger partial charge on any atom is -0.332 e. The molecule has 0 unspecified atom stereocenters. The van der Waals surface area contributed by atoms with E-state index in [2.05, 4.69) is 15.6 Å². The number of aromatic nitrogens is 1. The summed E-state index contributed by atoms with van der Waals surface area (Å²) >= 11 is 19.1. The van der Waals surface area contributed by atoms with Crippen molar-refractivity contribution in [1.82, 2.24) is 10.3 Å². The fourth-order valence-electron chi connectivity index (χ4n) is 2.69. The van der Waals surface area contributed by atoms with E-state index in [4.69, 9.17) is 35.4 Å². The molecule has 0 saturated heterocycles. The number of hydrogen-bond donors (Lipinski definition) is 2. The van der Waals surface area contributed by atoms with E-state index >= 15 is 0 Å². The number of carbonyl (C=O) groups excluding carboxylic acids is 1. The van der Waals surface area contributed by atoms with E-state index in [1.165, 1.54) is 0 Å². The zero-order valence-corrected chi connectivity index (χ0v) is 17.9. The number of amides is 1. The highest BCUT2D eigenvalue weighted by molar-refractivity contribution is 7.80. The van der Waals surface area contributed by atoms with Gasteiger partial charge < -0.3 is 5.32 Å². The van der Waals surface area contributed by atoms with Gasteiger partial charge in [0.05, 0.1) is 15.2 Å². The van der Waals surface area contributed by atoms with Crippen molar-refractivity contribution < 1.29 is 4.79 Å². The van der Waals surface area contributed by atoms with Gasteiger partial charge in [-0.1, -0.05) is 35.3 Å². The number of thiocarbonyl (C=S) groups is 1. The zero-order chi connectivity index (χ0) is 20.4. The minimum absolute atomic E-state index is 0.175. The first-order chi connectivity index (χ1) is 14.0. The van der Waals surface area contributed by atoms with Crippen LogP contribution in [0.5, 0.6) is 0 Å². The quantitative estimate of drug-likeness (QED) is 0.349. The van der Waals surface area contributed by atoms with Crippen LogP contribution in [0.15, 0.2) is 66.7 Å². The van der Waals surface area contributed by atoms with Crippen LogP contribution in [0.2, 0.25) is 10.0 Å². The fourth-order valence-corrected chi connectivity index (χ4v) is 4.36. The van der Waals surface area contributed by atoms with E-state index < -0.39 is 0 Å². The van der Waals surface area contributed by atoms with E-state index in [9.17, 15) is 4.79 Å². The van der Waals surface area contributed by atoms with Crippen LogP contribution in [0, 0.1) is 0 Å². The average Bonchev–Trinajstić information content (AvgIpc) is 3.12. The maximum Gasteiger partial charge on any atom is 0.257 e. The summed E-state index contributed by atoms with van der Waals surface area (Å²) in [5.41, 5.74) is 2.91. The average molecular weight is 458 g/mol. The Morgan fingerprint density at radius 1 is 1.00 bits per heavy atom. The number of anilines is 1. The molecule has 4 rings (SSSR count). The molecule has 0 radical (unpaired) electrons. The molecule has 0 aliphatic rings. The third-order valence-corrected chi connectivity index (χ3v) is 5.92. The highest BCUT2D eigenvalue weighted by Gasteiger charge is 2.12. The summed E-state index contributed by atoms with van der Waals surface area (Å²) in [5.74, 6) is -0.323. The Balaban J connectivity index is 1.47. The summed E-state index contributed by atoms with van der Waals surface area (Å²) in [6.07, 6.45) is 0. The van der Waals surface area contributed by atoms with Crippen molar-refractivity contribution in [2.75, 3.05) is 5.32 Å². The lowest BCUT2D eigenvalue weighted by atomic mass is 10.2. The SMILES string of the molecule is O=C(NC(=S)Nc1ccc(-c2nc3ccccc3s2)c(Cl)c1)c1ccc(Cl)cc1. The second-order valence-corrected chi connectivity index (χ2v) is 8.38. The molecule has 8 heteroatoms. The van der Waals surface area contributed by atoms with Crippen LogP contribution < -0.4 is 10.6 Å². The second-order valence-electron chi connectivity index (χ2n) is 6.10. The Kier molecular flexibility index (Phi) is 5.78. The molecule has 3 aromatic carbocycles. The molecule has 0 aliphatic carbocycles. The van der Waals surface area contributed by atoms with E-state index in [-0.39, 0.29) is 11.0 Å². The molecule has 1 amide bonds. The number of nitrogens with zero attached hydrogens (tertiary/aromatic N) is 1. The summed E-state index contributed by atoms with van der Waals surface area (Å²) in [6.45, 7) is 0. The maximum atomic E-state index is 12.2. The van der Waals surface area contributed by atoms with Crippen LogP contribution >= 0.6 is 46.8 Å². The normalized spacial score (nSPS) is 10.7.